The molecule has 2 N–H and O–H groups in total. The van der Waals surface area contributed by atoms with Gasteiger partial charge in [-0.3, -0.25) is 0 Å². The van der Waals surface area contributed by atoms with E-state index in [0.29, 0.717) is 0 Å². The highest BCUT2D eigenvalue weighted by Crippen LogP contribution is 2.26. The van der Waals surface area contributed by atoms with Gasteiger partial charge in [-0.05, 0) is 35.9 Å². The summed E-state index contributed by atoms with van der Waals surface area (Å²) in [5.41, 5.74) is 2.02. The van der Waals surface area contributed by atoms with Crippen molar-refractivity contribution in [1.82, 2.24) is 0 Å². The van der Waals surface area contributed by atoms with E-state index in [4.69, 9.17) is 0 Å². The first-order chi connectivity index (χ1) is 8.70. The number of hydrogen-bond acceptors (Lipinski definition) is 2. The molecule has 1 unspecified atom stereocenters. The molecule has 0 amide bonds. The lowest BCUT2D eigenvalue weighted by molar-refractivity contribution is 0.276. The molecule has 1 atom stereocenters. The topological polar surface area (TPSA) is 32.3 Å². The number of aliphatic hydroxyl groups is 1. The van der Waals surface area contributed by atoms with Crippen LogP contribution in [0.2, 0.25) is 0 Å². The van der Waals surface area contributed by atoms with Crippen LogP contribution in [0.3, 0.4) is 0 Å². The average Bonchev–Trinajstić information content (AvgIpc) is 2.39. The van der Waals surface area contributed by atoms with Crippen LogP contribution in [-0.2, 0) is 0 Å². The summed E-state index contributed by atoms with van der Waals surface area (Å²) in [6.07, 6.45) is 0. The van der Waals surface area contributed by atoms with Gasteiger partial charge in [0.2, 0.25) is 0 Å². The molecule has 2 aromatic rings. The quantitative estimate of drug-likeness (QED) is 0.838. The second-order valence-electron chi connectivity index (χ2n) is 3.91. The van der Waals surface area contributed by atoms with E-state index < -0.39 is 0 Å². The Hall–Kier alpha value is -0.840. The molecule has 0 aliphatic rings. The number of aliphatic hydroxyl groups excluding tert-OH is 1. The van der Waals surface area contributed by atoms with Gasteiger partial charge in [0, 0.05) is 14.6 Å². The molecule has 0 fully saturated rings. The maximum Gasteiger partial charge on any atom is 0.0755 e. The van der Waals surface area contributed by atoms with E-state index in [1.54, 1.807) is 0 Å². The van der Waals surface area contributed by atoms with E-state index in [-0.39, 0.29) is 12.6 Å². The molecule has 0 aliphatic carbocycles. The summed E-state index contributed by atoms with van der Waals surface area (Å²) < 4.78 is 2.03. The van der Waals surface area contributed by atoms with Gasteiger partial charge < -0.3 is 10.4 Å². The SMILES string of the molecule is OCC(Nc1ccc(Br)cc1)c1ccccc1Br. The molecule has 4 heteroatoms. The zero-order valence-electron chi connectivity index (χ0n) is 9.61. The van der Waals surface area contributed by atoms with E-state index in [1.165, 1.54) is 0 Å². The fourth-order valence-corrected chi connectivity index (χ4v) is 2.55. The summed E-state index contributed by atoms with van der Waals surface area (Å²) in [5.74, 6) is 0. The summed E-state index contributed by atoms with van der Waals surface area (Å²) in [7, 11) is 0. The van der Waals surface area contributed by atoms with Crippen LogP contribution in [0.15, 0.2) is 57.5 Å². The van der Waals surface area contributed by atoms with E-state index in [2.05, 4.69) is 37.2 Å². The summed E-state index contributed by atoms with van der Waals surface area (Å²) in [4.78, 5) is 0. The molecule has 0 bridgehead atoms. The molecule has 2 rings (SSSR count). The van der Waals surface area contributed by atoms with Gasteiger partial charge >= 0.3 is 0 Å². The molecule has 0 saturated carbocycles. The lowest BCUT2D eigenvalue weighted by atomic mass is 10.1. The van der Waals surface area contributed by atoms with E-state index >= 15 is 0 Å². The monoisotopic (exact) mass is 369 g/mol. The molecule has 0 saturated heterocycles. The molecule has 0 radical (unpaired) electrons. The van der Waals surface area contributed by atoms with E-state index in [0.717, 1.165) is 20.2 Å². The summed E-state index contributed by atoms with van der Waals surface area (Å²) >= 11 is 6.90. The van der Waals surface area contributed by atoms with Crippen LogP contribution in [0.1, 0.15) is 11.6 Å². The summed E-state index contributed by atoms with van der Waals surface area (Å²) in [6.45, 7) is 0.0404. The Morgan fingerprint density at radius 1 is 1.00 bits per heavy atom. The van der Waals surface area contributed by atoms with Crippen LogP contribution in [-0.4, -0.2) is 11.7 Å². The maximum atomic E-state index is 9.53. The first-order valence-corrected chi connectivity index (χ1v) is 7.16. The fourth-order valence-electron chi connectivity index (χ4n) is 1.73. The van der Waals surface area contributed by atoms with Crippen LogP contribution in [0.5, 0.6) is 0 Å². The van der Waals surface area contributed by atoms with Crippen molar-refractivity contribution in [2.45, 2.75) is 6.04 Å². The van der Waals surface area contributed by atoms with Crippen molar-refractivity contribution in [2.24, 2.45) is 0 Å². The molecule has 18 heavy (non-hydrogen) atoms. The number of nitrogens with one attached hydrogen (secondary N) is 1. The van der Waals surface area contributed by atoms with Gasteiger partial charge in [-0.15, -0.1) is 0 Å². The lowest BCUT2D eigenvalue weighted by Gasteiger charge is -2.19. The second kappa shape index (κ2) is 6.36. The molecule has 0 spiro atoms. The van der Waals surface area contributed by atoms with Gasteiger partial charge in [0.05, 0.1) is 12.6 Å². The highest BCUT2D eigenvalue weighted by atomic mass is 79.9. The molecule has 2 nitrogen and oxygen atoms in total. The average molecular weight is 371 g/mol. The van der Waals surface area contributed by atoms with Crippen LogP contribution in [0, 0.1) is 0 Å². The van der Waals surface area contributed by atoms with Crippen molar-refractivity contribution < 1.29 is 5.11 Å². The highest BCUT2D eigenvalue weighted by molar-refractivity contribution is 9.10. The fraction of sp³-hybridized carbons (Fsp3) is 0.143. The Morgan fingerprint density at radius 3 is 2.28 bits per heavy atom. The van der Waals surface area contributed by atoms with E-state index in [9.17, 15) is 5.11 Å². The second-order valence-corrected chi connectivity index (χ2v) is 5.68. The van der Waals surface area contributed by atoms with Gasteiger partial charge in [-0.25, -0.2) is 0 Å². The molecule has 0 heterocycles. The van der Waals surface area contributed by atoms with Gasteiger partial charge in [0.25, 0.3) is 0 Å². The minimum Gasteiger partial charge on any atom is -0.394 e. The maximum absolute atomic E-state index is 9.53. The standard InChI is InChI=1S/C14H13Br2NO/c15-10-5-7-11(8-6-10)17-14(9-18)12-3-1-2-4-13(12)16/h1-8,14,17-18H,9H2. The van der Waals surface area contributed by atoms with Crippen molar-refractivity contribution in [2.75, 3.05) is 11.9 Å². The van der Waals surface area contributed by atoms with Gasteiger partial charge in [0.15, 0.2) is 0 Å². The Kier molecular flexibility index (Phi) is 4.80. The number of halogens is 2. The molecule has 2 aromatic carbocycles. The van der Waals surface area contributed by atoms with Gasteiger partial charge in [-0.1, -0.05) is 50.1 Å². The zero-order chi connectivity index (χ0) is 13.0. The third-order valence-corrected chi connectivity index (χ3v) is 3.90. The normalized spacial score (nSPS) is 12.2. The first kappa shape index (κ1) is 13.6. The Bertz CT molecular complexity index is 513. The molecular formula is C14H13Br2NO. The van der Waals surface area contributed by atoms with Crippen molar-refractivity contribution in [1.29, 1.82) is 0 Å². The lowest BCUT2D eigenvalue weighted by Crippen LogP contribution is -2.15. The summed E-state index contributed by atoms with van der Waals surface area (Å²) in [5, 5.41) is 12.8. The van der Waals surface area contributed by atoms with Crippen LogP contribution < -0.4 is 5.32 Å². The molecule has 94 valence electrons. The Balaban J connectivity index is 2.20. The molecule has 0 aromatic heterocycles. The predicted octanol–water partition coefficient (Wildman–Crippen LogP) is 4.36. The number of benzene rings is 2. The minimum absolute atomic E-state index is 0.0404. The summed E-state index contributed by atoms with van der Waals surface area (Å²) in [6, 6.07) is 15.7. The van der Waals surface area contributed by atoms with Crippen LogP contribution in [0.25, 0.3) is 0 Å². The van der Waals surface area contributed by atoms with Crippen LogP contribution >= 0.6 is 31.9 Å². The van der Waals surface area contributed by atoms with Gasteiger partial charge in [-0.2, -0.15) is 0 Å². The molecule has 0 aliphatic heterocycles. The Labute approximate surface area is 123 Å². The Morgan fingerprint density at radius 2 is 1.67 bits per heavy atom. The van der Waals surface area contributed by atoms with Crippen molar-refractivity contribution in [3.8, 4) is 0 Å². The number of anilines is 1. The largest absolute Gasteiger partial charge is 0.394 e. The third-order valence-electron chi connectivity index (χ3n) is 2.65. The third kappa shape index (κ3) is 3.34. The van der Waals surface area contributed by atoms with Crippen LogP contribution in [0.4, 0.5) is 5.69 Å². The number of hydrogen-bond donors (Lipinski definition) is 2. The van der Waals surface area contributed by atoms with Crippen molar-refractivity contribution >= 4 is 37.5 Å². The minimum atomic E-state index is -0.123. The zero-order valence-corrected chi connectivity index (χ0v) is 12.8. The predicted molar refractivity (Wildman–Crippen MR) is 81.7 cm³/mol. The van der Waals surface area contributed by atoms with E-state index in [1.807, 2.05) is 48.5 Å². The van der Waals surface area contributed by atoms with Crippen molar-refractivity contribution in [3.05, 3.63) is 63.0 Å². The molecular weight excluding hydrogens is 358 g/mol. The smallest absolute Gasteiger partial charge is 0.0755 e. The van der Waals surface area contributed by atoms with Crippen molar-refractivity contribution in [3.63, 3.8) is 0 Å². The highest BCUT2D eigenvalue weighted by Gasteiger charge is 2.12. The number of rotatable bonds is 4. The first-order valence-electron chi connectivity index (χ1n) is 5.58. The van der Waals surface area contributed by atoms with Gasteiger partial charge in [0.1, 0.15) is 0 Å².